The number of aromatic nitrogens is 2. The largest absolute Gasteiger partial charge is 0.459 e. The molecule has 1 N–H and O–H groups in total. The number of nitrogens with one attached hydrogen (secondary N) is 1. The molecule has 4 aromatic rings. The van der Waals surface area contributed by atoms with Gasteiger partial charge in [0.05, 0.1) is 11.1 Å². The molecular formula is C31H26FN3O7. The highest BCUT2D eigenvalue weighted by Gasteiger charge is 2.58. The van der Waals surface area contributed by atoms with Gasteiger partial charge in [-0.15, -0.1) is 0 Å². The van der Waals surface area contributed by atoms with Crippen LogP contribution in [0.4, 0.5) is 10.2 Å². The number of rotatable bonds is 8. The number of halogens is 1. The van der Waals surface area contributed by atoms with Crippen molar-refractivity contribution in [2.45, 2.75) is 31.0 Å². The Kier molecular flexibility index (Phi) is 8.21. The van der Waals surface area contributed by atoms with Gasteiger partial charge in [0.15, 0.2) is 18.0 Å². The monoisotopic (exact) mass is 571 g/mol. The SMILES string of the molecule is C[C@@]1(F)[C@H](OC(=O)c2ccccc2)[C@@H](COC(=O)c2ccccc2)O[C@H]1n1ccc(NC(=O)c2ccccc2)nc1=O. The fraction of sp³-hybridized carbons (Fsp3) is 0.194. The molecule has 214 valence electrons. The third-order valence-electron chi connectivity index (χ3n) is 6.67. The topological polar surface area (TPSA) is 126 Å². The van der Waals surface area contributed by atoms with Gasteiger partial charge in [-0.2, -0.15) is 4.98 Å². The standard InChI is InChI=1S/C31H26FN3O7/c1-31(32)25(42-28(38)22-15-9-4-10-16-22)23(19-40-27(37)21-13-7-3-8-14-21)41-29(31)35-18-17-24(34-30(35)39)33-26(36)20-11-5-2-6-12-20/h2-18,23,25,29H,19H2,1H3,(H,33,34,36,39)/t23-,25-,29-,31-/m1/s1. The van der Waals surface area contributed by atoms with Gasteiger partial charge >= 0.3 is 17.6 Å². The minimum absolute atomic E-state index is 0.0518. The lowest BCUT2D eigenvalue weighted by Crippen LogP contribution is -2.45. The molecule has 4 atom stereocenters. The first kappa shape index (κ1) is 28.4. The van der Waals surface area contributed by atoms with Crippen LogP contribution in [-0.4, -0.2) is 51.9 Å². The van der Waals surface area contributed by atoms with E-state index in [9.17, 15) is 19.2 Å². The molecule has 1 saturated heterocycles. The number of hydrogen-bond donors (Lipinski definition) is 1. The summed E-state index contributed by atoms with van der Waals surface area (Å²) in [6, 6.07) is 25.8. The predicted octanol–water partition coefficient (Wildman–Crippen LogP) is 4.20. The van der Waals surface area contributed by atoms with Crippen molar-refractivity contribution in [3.63, 3.8) is 0 Å². The quantitative estimate of drug-likeness (QED) is 0.312. The first-order valence-electron chi connectivity index (χ1n) is 13.0. The van der Waals surface area contributed by atoms with Crippen molar-refractivity contribution < 1.29 is 33.0 Å². The van der Waals surface area contributed by atoms with E-state index < -0.39 is 54.2 Å². The summed E-state index contributed by atoms with van der Waals surface area (Å²) < 4.78 is 34.2. The highest BCUT2D eigenvalue weighted by molar-refractivity contribution is 6.03. The van der Waals surface area contributed by atoms with Gasteiger partial charge in [0, 0.05) is 11.8 Å². The maximum atomic E-state index is 16.5. The Bertz CT molecular complexity index is 1630. The Labute approximate surface area is 239 Å². The molecule has 1 aliphatic heterocycles. The molecule has 11 heteroatoms. The lowest BCUT2D eigenvalue weighted by Gasteiger charge is -2.27. The summed E-state index contributed by atoms with van der Waals surface area (Å²) in [5, 5.41) is 2.52. The number of alkyl halides is 1. The van der Waals surface area contributed by atoms with E-state index >= 15 is 4.39 Å². The van der Waals surface area contributed by atoms with E-state index in [4.69, 9.17) is 14.2 Å². The molecule has 0 aliphatic carbocycles. The van der Waals surface area contributed by atoms with E-state index in [0.29, 0.717) is 5.56 Å². The van der Waals surface area contributed by atoms with Gasteiger partial charge in [-0.25, -0.2) is 18.8 Å². The van der Waals surface area contributed by atoms with Gasteiger partial charge in [0.1, 0.15) is 18.5 Å². The van der Waals surface area contributed by atoms with E-state index in [2.05, 4.69) is 10.3 Å². The van der Waals surface area contributed by atoms with Crippen LogP contribution >= 0.6 is 0 Å². The lowest BCUT2D eigenvalue weighted by molar-refractivity contribution is -0.0648. The summed E-state index contributed by atoms with van der Waals surface area (Å²) in [6.45, 7) is 0.654. The fourth-order valence-corrected chi connectivity index (χ4v) is 4.54. The van der Waals surface area contributed by atoms with E-state index in [1.54, 1.807) is 78.9 Å². The van der Waals surface area contributed by atoms with E-state index in [0.717, 1.165) is 11.5 Å². The summed E-state index contributed by atoms with van der Waals surface area (Å²) in [6.07, 6.45) is -3.23. The minimum Gasteiger partial charge on any atom is -0.459 e. The Hall–Kier alpha value is -5.16. The number of hydrogen-bond acceptors (Lipinski definition) is 8. The molecule has 42 heavy (non-hydrogen) atoms. The predicted molar refractivity (Wildman–Crippen MR) is 149 cm³/mol. The van der Waals surface area contributed by atoms with Crippen LogP contribution in [-0.2, 0) is 14.2 Å². The molecule has 0 spiro atoms. The Balaban J connectivity index is 1.39. The molecule has 0 bridgehead atoms. The Morgan fingerprint density at radius 3 is 2.00 bits per heavy atom. The zero-order valence-electron chi connectivity index (χ0n) is 22.4. The minimum atomic E-state index is -2.46. The van der Waals surface area contributed by atoms with Gasteiger partial charge in [-0.05, 0) is 49.4 Å². The van der Waals surface area contributed by atoms with Gasteiger partial charge in [-0.1, -0.05) is 54.6 Å². The van der Waals surface area contributed by atoms with Crippen molar-refractivity contribution in [3.8, 4) is 0 Å². The van der Waals surface area contributed by atoms with E-state index in [1.807, 2.05) is 0 Å². The number of esters is 2. The molecule has 0 saturated carbocycles. The number of amides is 1. The Morgan fingerprint density at radius 1 is 0.881 bits per heavy atom. The second-order valence-electron chi connectivity index (χ2n) is 9.66. The maximum Gasteiger partial charge on any atom is 0.351 e. The fourth-order valence-electron chi connectivity index (χ4n) is 4.54. The summed E-state index contributed by atoms with van der Waals surface area (Å²) in [4.78, 5) is 54.8. The average molecular weight is 572 g/mol. The molecule has 1 fully saturated rings. The number of benzene rings is 3. The number of carbonyl (C=O) groups is 3. The molecule has 10 nitrogen and oxygen atoms in total. The summed E-state index contributed by atoms with van der Waals surface area (Å²) in [5.74, 6) is -2.05. The normalized spacial score (nSPS) is 21.3. The van der Waals surface area contributed by atoms with Crippen LogP contribution in [0.2, 0.25) is 0 Å². The number of anilines is 1. The van der Waals surface area contributed by atoms with Crippen LogP contribution in [0.3, 0.4) is 0 Å². The molecule has 0 unspecified atom stereocenters. The van der Waals surface area contributed by atoms with Crippen molar-refractivity contribution in [1.82, 2.24) is 9.55 Å². The van der Waals surface area contributed by atoms with Crippen molar-refractivity contribution in [1.29, 1.82) is 0 Å². The van der Waals surface area contributed by atoms with Crippen molar-refractivity contribution >= 4 is 23.7 Å². The van der Waals surface area contributed by atoms with Crippen LogP contribution in [0.5, 0.6) is 0 Å². The third-order valence-corrected chi connectivity index (χ3v) is 6.67. The maximum absolute atomic E-state index is 16.5. The second-order valence-corrected chi connectivity index (χ2v) is 9.66. The lowest BCUT2D eigenvalue weighted by atomic mass is 9.98. The molecule has 0 radical (unpaired) electrons. The third kappa shape index (κ3) is 6.11. The number of nitrogens with zero attached hydrogens (tertiary/aromatic N) is 2. The molecular weight excluding hydrogens is 545 g/mol. The van der Waals surface area contributed by atoms with Crippen LogP contribution in [0.25, 0.3) is 0 Å². The zero-order chi connectivity index (χ0) is 29.7. The van der Waals surface area contributed by atoms with Gasteiger partial charge in [0.25, 0.3) is 5.91 Å². The van der Waals surface area contributed by atoms with Gasteiger partial charge < -0.3 is 19.5 Å². The van der Waals surface area contributed by atoms with Crippen LogP contribution in [0.15, 0.2) is 108 Å². The van der Waals surface area contributed by atoms with Crippen molar-refractivity contribution in [2.24, 2.45) is 0 Å². The summed E-state index contributed by atoms with van der Waals surface area (Å²) in [5.41, 5.74) is -2.59. The van der Waals surface area contributed by atoms with Gasteiger partial charge in [0.2, 0.25) is 0 Å². The molecule has 1 aliphatic rings. The van der Waals surface area contributed by atoms with Crippen LogP contribution < -0.4 is 11.0 Å². The molecule has 2 heterocycles. The zero-order valence-corrected chi connectivity index (χ0v) is 22.4. The van der Waals surface area contributed by atoms with Crippen LogP contribution in [0.1, 0.15) is 44.2 Å². The molecule has 1 aromatic heterocycles. The highest BCUT2D eigenvalue weighted by Crippen LogP contribution is 2.43. The highest BCUT2D eigenvalue weighted by atomic mass is 19.1. The van der Waals surface area contributed by atoms with E-state index in [-0.39, 0.29) is 16.9 Å². The summed E-state index contributed by atoms with van der Waals surface area (Å²) in [7, 11) is 0. The molecule has 5 rings (SSSR count). The van der Waals surface area contributed by atoms with Crippen molar-refractivity contribution in [2.75, 3.05) is 11.9 Å². The van der Waals surface area contributed by atoms with E-state index in [1.165, 1.54) is 24.4 Å². The number of carbonyl (C=O) groups excluding carboxylic acids is 3. The van der Waals surface area contributed by atoms with Crippen molar-refractivity contribution in [3.05, 3.63) is 130 Å². The van der Waals surface area contributed by atoms with Crippen LogP contribution in [0, 0.1) is 0 Å². The number of ether oxygens (including phenoxy) is 3. The first-order valence-corrected chi connectivity index (χ1v) is 13.0. The average Bonchev–Trinajstić information content (AvgIpc) is 3.25. The molecule has 3 aromatic carbocycles. The van der Waals surface area contributed by atoms with Gasteiger partial charge in [-0.3, -0.25) is 9.36 Å². The first-order chi connectivity index (χ1) is 20.2. The second kappa shape index (κ2) is 12.1. The Morgan fingerprint density at radius 2 is 1.43 bits per heavy atom. The summed E-state index contributed by atoms with van der Waals surface area (Å²) >= 11 is 0. The smallest absolute Gasteiger partial charge is 0.351 e. The molecule has 1 amide bonds.